The van der Waals surface area contributed by atoms with Gasteiger partial charge in [0.05, 0.1) is 12.4 Å². The molecule has 0 atom stereocenters. The summed E-state index contributed by atoms with van der Waals surface area (Å²) < 4.78 is 15.2. The van der Waals surface area contributed by atoms with Gasteiger partial charge in [-0.2, -0.15) is 10.1 Å². The number of nitrogen functional groups attached to an aromatic ring is 1. The molecule has 0 saturated carbocycles. The van der Waals surface area contributed by atoms with Crippen LogP contribution in [0.1, 0.15) is 5.56 Å². The standard InChI is InChI=1S/C10H13FN6/c1-16(5-7-3-14-17(2)6-7)9-8(11)4-13-10(12)15-9/h3-4,6H,5H2,1-2H3,(H2,12,13,15). The molecule has 7 heteroatoms. The number of nitrogens with zero attached hydrogens (tertiary/aromatic N) is 5. The number of aryl methyl sites for hydroxylation is 1. The Morgan fingerprint density at radius 2 is 2.24 bits per heavy atom. The fourth-order valence-corrected chi connectivity index (χ4v) is 1.54. The molecule has 17 heavy (non-hydrogen) atoms. The number of aromatic nitrogens is 4. The van der Waals surface area contributed by atoms with Crippen molar-refractivity contribution in [2.75, 3.05) is 17.7 Å². The minimum Gasteiger partial charge on any atom is -0.368 e. The van der Waals surface area contributed by atoms with E-state index in [2.05, 4.69) is 15.1 Å². The Bertz CT molecular complexity index is 523. The molecule has 2 aromatic heterocycles. The minimum atomic E-state index is -0.495. The summed E-state index contributed by atoms with van der Waals surface area (Å²) in [4.78, 5) is 9.10. The zero-order valence-corrected chi connectivity index (χ0v) is 9.63. The molecule has 0 aliphatic rings. The third-order valence-corrected chi connectivity index (χ3v) is 2.28. The SMILES string of the molecule is CN(Cc1cnn(C)c1)c1nc(N)ncc1F. The van der Waals surface area contributed by atoms with Crippen LogP contribution in [0.25, 0.3) is 0 Å². The Balaban J connectivity index is 2.19. The first-order chi connectivity index (χ1) is 8.06. The predicted molar refractivity (Wildman–Crippen MR) is 61.7 cm³/mol. The first-order valence-electron chi connectivity index (χ1n) is 5.03. The lowest BCUT2D eigenvalue weighted by Crippen LogP contribution is -2.19. The third kappa shape index (κ3) is 2.49. The molecular weight excluding hydrogens is 223 g/mol. The highest BCUT2D eigenvalue weighted by Gasteiger charge is 2.11. The first kappa shape index (κ1) is 11.3. The molecule has 0 saturated heterocycles. The molecule has 0 aromatic carbocycles. The summed E-state index contributed by atoms with van der Waals surface area (Å²) in [5, 5.41) is 4.04. The molecule has 0 bridgehead atoms. The fraction of sp³-hybridized carbons (Fsp3) is 0.300. The van der Waals surface area contributed by atoms with E-state index in [9.17, 15) is 4.39 Å². The van der Waals surface area contributed by atoms with Gasteiger partial charge in [-0.25, -0.2) is 9.37 Å². The maximum absolute atomic E-state index is 13.5. The highest BCUT2D eigenvalue weighted by atomic mass is 19.1. The number of anilines is 2. The maximum atomic E-state index is 13.5. The predicted octanol–water partition coefficient (Wildman–Crippen LogP) is 0.568. The zero-order valence-electron chi connectivity index (χ0n) is 9.63. The van der Waals surface area contributed by atoms with E-state index in [1.807, 2.05) is 13.2 Å². The highest BCUT2D eigenvalue weighted by Crippen LogP contribution is 2.16. The first-order valence-corrected chi connectivity index (χ1v) is 5.03. The second-order valence-electron chi connectivity index (χ2n) is 3.78. The van der Waals surface area contributed by atoms with E-state index >= 15 is 0 Å². The third-order valence-electron chi connectivity index (χ3n) is 2.28. The average molecular weight is 236 g/mol. The van der Waals surface area contributed by atoms with E-state index in [1.54, 1.807) is 22.8 Å². The van der Waals surface area contributed by atoms with Crippen molar-refractivity contribution in [1.29, 1.82) is 0 Å². The molecule has 0 unspecified atom stereocenters. The van der Waals surface area contributed by atoms with Gasteiger partial charge in [-0.1, -0.05) is 0 Å². The molecule has 2 N–H and O–H groups in total. The molecule has 0 amide bonds. The van der Waals surface area contributed by atoms with Gasteiger partial charge in [0.2, 0.25) is 5.95 Å². The second kappa shape index (κ2) is 4.36. The number of hydrogen-bond acceptors (Lipinski definition) is 5. The van der Waals surface area contributed by atoms with E-state index in [0.29, 0.717) is 6.54 Å². The molecule has 0 spiro atoms. The lowest BCUT2D eigenvalue weighted by molar-refractivity contribution is 0.608. The minimum absolute atomic E-state index is 0.0550. The number of hydrogen-bond donors (Lipinski definition) is 1. The van der Waals surface area contributed by atoms with E-state index < -0.39 is 5.82 Å². The van der Waals surface area contributed by atoms with Gasteiger partial charge in [0.15, 0.2) is 11.6 Å². The molecular formula is C10H13FN6. The number of nitrogens with two attached hydrogens (primary N) is 1. The largest absolute Gasteiger partial charge is 0.368 e. The molecule has 2 rings (SSSR count). The summed E-state index contributed by atoms with van der Waals surface area (Å²) in [7, 11) is 3.56. The summed E-state index contributed by atoms with van der Waals surface area (Å²) in [6.45, 7) is 0.501. The van der Waals surface area contributed by atoms with Crippen LogP contribution in [0.4, 0.5) is 16.2 Å². The average Bonchev–Trinajstić information content (AvgIpc) is 2.67. The van der Waals surface area contributed by atoms with Crippen LogP contribution in [0.3, 0.4) is 0 Å². The van der Waals surface area contributed by atoms with Crippen LogP contribution in [-0.2, 0) is 13.6 Å². The second-order valence-corrected chi connectivity index (χ2v) is 3.78. The van der Waals surface area contributed by atoms with E-state index in [-0.39, 0.29) is 11.8 Å². The molecule has 0 aliphatic heterocycles. The molecule has 2 aromatic rings. The van der Waals surface area contributed by atoms with Crippen molar-refractivity contribution >= 4 is 11.8 Å². The van der Waals surface area contributed by atoms with Gasteiger partial charge < -0.3 is 10.6 Å². The number of rotatable bonds is 3. The Labute approximate surface area is 97.9 Å². The van der Waals surface area contributed by atoms with E-state index in [0.717, 1.165) is 11.8 Å². The van der Waals surface area contributed by atoms with Crippen molar-refractivity contribution in [3.05, 3.63) is 30.0 Å². The van der Waals surface area contributed by atoms with Crippen LogP contribution >= 0.6 is 0 Å². The summed E-state index contributed by atoms with van der Waals surface area (Å²) in [6, 6.07) is 0. The molecule has 0 fully saturated rings. The summed E-state index contributed by atoms with van der Waals surface area (Å²) >= 11 is 0. The summed E-state index contributed by atoms with van der Waals surface area (Å²) in [6.07, 6.45) is 4.65. The molecule has 0 aliphatic carbocycles. The van der Waals surface area contributed by atoms with Gasteiger partial charge in [0.1, 0.15) is 0 Å². The maximum Gasteiger partial charge on any atom is 0.222 e. The Morgan fingerprint density at radius 3 is 2.88 bits per heavy atom. The normalized spacial score (nSPS) is 10.5. The van der Waals surface area contributed by atoms with Crippen LogP contribution in [0.2, 0.25) is 0 Å². The van der Waals surface area contributed by atoms with Crippen molar-refractivity contribution in [2.24, 2.45) is 7.05 Å². The van der Waals surface area contributed by atoms with Gasteiger partial charge in [-0.3, -0.25) is 4.68 Å². The van der Waals surface area contributed by atoms with Gasteiger partial charge in [0.25, 0.3) is 0 Å². The van der Waals surface area contributed by atoms with Crippen molar-refractivity contribution < 1.29 is 4.39 Å². The molecule has 90 valence electrons. The summed E-state index contributed by atoms with van der Waals surface area (Å²) in [5.41, 5.74) is 6.40. The smallest absolute Gasteiger partial charge is 0.222 e. The van der Waals surface area contributed by atoms with Gasteiger partial charge in [-0.05, 0) is 0 Å². The number of halogens is 1. The molecule has 2 heterocycles. The zero-order chi connectivity index (χ0) is 12.4. The lowest BCUT2D eigenvalue weighted by atomic mass is 10.3. The van der Waals surface area contributed by atoms with Gasteiger partial charge in [-0.15, -0.1) is 0 Å². The Hall–Kier alpha value is -2.18. The Morgan fingerprint density at radius 1 is 1.47 bits per heavy atom. The lowest BCUT2D eigenvalue weighted by Gasteiger charge is -2.17. The van der Waals surface area contributed by atoms with Gasteiger partial charge >= 0.3 is 0 Å². The van der Waals surface area contributed by atoms with Gasteiger partial charge in [0, 0.05) is 32.4 Å². The summed E-state index contributed by atoms with van der Waals surface area (Å²) in [5.74, 6) is -0.258. The van der Waals surface area contributed by atoms with Crippen molar-refractivity contribution in [2.45, 2.75) is 6.54 Å². The monoisotopic (exact) mass is 236 g/mol. The van der Waals surface area contributed by atoms with Crippen molar-refractivity contribution in [3.63, 3.8) is 0 Å². The highest BCUT2D eigenvalue weighted by molar-refractivity contribution is 5.42. The molecule has 6 nitrogen and oxygen atoms in total. The van der Waals surface area contributed by atoms with E-state index in [4.69, 9.17) is 5.73 Å². The quantitative estimate of drug-likeness (QED) is 0.843. The van der Waals surface area contributed by atoms with Crippen LogP contribution < -0.4 is 10.6 Å². The van der Waals surface area contributed by atoms with Crippen molar-refractivity contribution in [3.8, 4) is 0 Å². The van der Waals surface area contributed by atoms with Crippen LogP contribution in [0.5, 0.6) is 0 Å². The van der Waals surface area contributed by atoms with Crippen molar-refractivity contribution in [1.82, 2.24) is 19.7 Å². The Kier molecular flexibility index (Phi) is 2.90. The van der Waals surface area contributed by atoms with E-state index in [1.165, 1.54) is 0 Å². The fourth-order valence-electron chi connectivity index (χ4n) is 1.54. The van der Waals surface area contributed by atoms with Crippen LogP contribution in [0, 0.1) is 5.82 Å². The molecule has 0 radical (unpaired) electrons. The van der Waals surface area contributed by atoms with Crippen LogP contribution in [-0.4, -0.2) is 26.8 Å². The van der Waals surface area contributed by atoms with Crippen LogP contribution in [0.15, 0.2) is 18.6 Å². The topological polar surface area (TPSA) is 72.9 Å².